The fourth-order valence-corrected chi connectivity index (χ4v) is 3.43. The van der Waals surface area contributed by atoms with Crippen LogP contribution in [0.3, 0.4) is 0 Å². The average molecular weight is 429 g/mol. The molecule has 5 heteroatoms. The molecule has 0 saturated heterocycles. The van der Waals surface area contributed by atoms with Gasteiger partial charge in [0.05, 0.1) is 6.61 Å². The predicted octanol–water partition coefficient (Wildman–Crippen LogP) is 6.50. The molecule has 0 aromatic carbocycles. The fraction of sp³-hybridized carbons (Fsp3) is 0.920. The molecule has 0 bridgehead atoms. The first-order valence-electron chi connectivity index (χ1n) is 12.6. The van der Waals surface area contributed by atoms with Gasteiger partial charge >= 0.3 is 11.9 Å². The molecule has 0 radical (unpaired) electrons. The van der Waals surface area contributed by atoms with Crippen molar-refractivity contribution >= 4 is 11.9 Å². The predicted molar refractivity (Wildman–Crippen MR) is 122 cm³/mol. The summed E-state index contributed by atoms with van der Waals surface area (Å²) in [7, 11) is 0. The van der Waals surface area contributed by atoms with E-state index in [1.807, 2.05) is 0 Å². The van der Waals surface area contributed by atoms with Gasteiger partial charge in [0.15, 0.2) is 6.10 Å². The SMILES string of the molecule is CCCCCCCCCCCCCCCC(=O)OC[C@H](CO)OC(=O)CCCCC. The topological polar surface area (TPSA) is 72.8 Å². The van der Waals surface area contributed by atoms with E-state index in [1.54, 1.807) is 0 Å². The summed E-state index contributed by atoms with van der Waals surface area (Å²) in [4.78, 5) is 23.5. The van der Waals surface area contributed by atoms with Crippen molar-refractivity contribution in [3.05, 3.63) is 0 Å². The van der Waals surface area contributed by atoms with Crippen molar-refractivity contribution in [3.8, 4) is 0 Å². The first-order valence-corrected chi connectivity index (χ1v) is 12.6. The van der Waals surface area contributed by atoms with Gasteiger partial charge in [0.25, 0.3) is 0 Å². The van der Waals surface area contributed by atoms with Crippen LogP contribution in [0.1, 0.15) is 129 Å². The Balaban J connectivity index is 3.50. The van der Waals surface area contributed by atoms with E-state index in [0.29, 0.717) is 12.8 Å². The van der Waals surface area contributed by atoms with E-state index in [4.69, 9.17) is 9.47 Å². The Morgan fingerprint density at radius 2 is 1.03 bits per heavy atom. The van der Waals surface area contributed by atoms with E-state index >= 15 is 0 Å². The second-order valence-corrected chi connectivity index (χ2v) is 8.43. The first-order chi connectivity index (χ1) is 14.6. The first kappa shape index (κ1) is 28.9. The Hall–Kier alpha value is -1.10. The van der Waals surface area contributed by atoms with E-state index < -0.39 is 6.10 Å². The van der Waals surface area contributed by atoms with Crippen LogP contribution in [0.5, 0.6) is 0 Å². The minimum atomic E-state index is -0.755. The molecular formula is C25H48O5. The van der Waals surface area contributed by atoms with Gasteiger partial charge in [-0.25, -0.2) is 0 Å². The summed E-state index contributed by atoms with van der Waals surface area (Å²) in [5.41, 5.74) is 0. The minimum Gasteiger partial charge on any atom is -0.462 e. The van der Waals surface area contributed by atoms with Crippen molar-refractivity contribution in [2.75, 3.05) is 13.2 Å². The van der Waals surface area contributed by atoms with Crippen LogP contribution in [0.25, 0.3) is 0 Å². The summed E-state index contributed by atoms with van der Waals surface area (Å²) in [5.74, 6) is -0.617. The monoisotopic (exact) mass is 428 g/mol. The van der Waals surface area contributed by atoms with Crippen LogP contribution in [0.15, 0.2) is 0 Å². The summed E-state index contributed by atoms with van der Waals surface area (Å²) < 4.78 is 10.3. The lowest BCUT2D eigenvalue weighted by atomic mass is 10.0. The number of carbonyl (C=O) groups is 2. The van der Waals surface area contributed by atoms with Gasteiger partial charge in [-0.2, -0.15) is 0 Å². The highest BCUT2D eigenvalue weighted by atomic mass is 16.6. The van der Waals surface area contributed by atoms with Gasteiger partial charge in [-0.1, -0.05) is 104 Å². The molecule has 30 heavy (non-hydrogen) atoms. The van der Waals surface area contributed by atoms with Crippen LogP contribution >= 0.6 is 0 Å². The summed E-state index contributed by atoms with van der Waals surface area (Å²) in [5, 5.41) is 9.29. The van der Waals surface area contributed by atoms with E-state index in [2.05, 4.69) is 13.8 Å². The van der Waals surface area contributed by atoms with E-state index in [9.17, 15) is 14.7 Å². The van der Waals surface area contributed by atoms with Crippen molar-refractivity contribution in [1.82, 2.24) is 0 Å². The molecule has 5 nitrogen and oxygen atoms in total. The molecule has 0 aliphatic heterocycles. The van der Waals surface area contributed by atoms with Crippen molar-refractivity contribution in [2.24, 2.45) is 0 Å². The van der Waals surface area contributed by atoms with Gasteiger partial charge in [-0.3, -0.25) is 9.59 Å². The van der Waals surface area contributed by atoms with Gasteiger partial charge < -0.3 is 14.6 Å². The smallest absolute Gasteiger partial charge is 0.306 e. The van der Waals surface area contributed by atoms with E-state index in [1.165, 1.54) is 70.6 Å². The standard InChI is InChI=1S/C25H48O5/c1-3-5-7-8-9-10-11-12-13-14-15-16-18-19-24(27)29-22-23(21-26)30-25(28)20-17-6-4-2/h23,26H,3-22H2,1-2H3/t23-/m0/s1. The number of carbonyl (C=O) groups excluding carboxylic acids is 2. The third-order valence-corrected chi connectivity index (χ3v) is 5.40. The number of rotatable bonds is 22. The molecule has 0 aliphatic rings. The third-order valence-electron chi connectivity index (χ3n) is 5.40. The average Bonchev–Trinajstić information content (AvgIpc) is 2.74. The van der Waals surface area contributed by atoms with E-state index in [-0.39, 0.29) is 25.2 Å². The van der Waals surface area contributed by atoms with Crippen LogP contribution in [-0.2, 0) is 19.1 Å². The molecule has 0 heterocycles. The lowest BCUT2D eigenvalue weighted by Gasteiger charge is -2.15. The number of aliphatic hydroxyl groups excluding tert-OH is 1. The van der Waals surface area contributed by atoms with Crippen LogP contribution in [-0.4, -0.2) is 36.4 Å². The molecular weight excluding hydrogens is 380 g/mol. The normalized spacial score (nSPS) is 12.0. The highest BCUT2D eigenvalue weighted by Gasteiger charge is 2.15. The molecule has 0 unspecified atom stereocenters. The van der Waals surface area contributed by atoms with Crippen molar-refractivity contribution in [1.29, 1.82) is 0 Å². The summed E-state index contributed by atoms with van der Waals surface area (Å²) in [6, 6.07) is 0. The Morgan fingerprint density at radius 1 is 0.633 bits per heavy atom. The van der Waals surface area contributed by atoms with Crippen molar-refractivity contribution in [3.63, 3.8) is 0 Å². The molecule has 0 amide bonds. The molecule has 0 aromatic heterocycles. The van der Waals surface area contributed by atoms with Gasteiger partial charge in [0.2, 0.25) is 0 Å². The summed E-state index contributed by atoms with van der Waals surface area (Å²) in [6.45, 7) is 3.93. The Bertz CT molecular complexity index is 397. The minimum absolute atomic E-state index is 0.0622. The Morgan fingerprint density at radius 3 is 1.53 bits per heavy atom. The van der Waals surface area contributed by atoms with E-state index in [0.717, 1.165) is 32.1 Å². The number of hydrogen-bond donors (Lipinski definition) is 1. The zero-order valence-electron chi connectivity index (χ0n) is 19.8. The summed E-state index contributed by atoms with van der Waals surface area (Å²) in [6.07, 6.45) is 19.3. The number of ether oxygens (including phenoxy) is 2. The molecule has 1 atom stereocenters. The number of unbranched alkanes of at least 4 members (excludes halogenated alkanes) is 14. The fourth-order valence-electron chi connectivity index (χ4n) is 3.43. The quantitative estimate of drug-likeness (QED) is 0.157. The maximum Gasteiger partial charge on any atom is 0.306 e. The molecule has 0 rings (SSSR count). The zero-order valence-corrected chi connectivity index (χ0v) is 19.8. The lowest BCUT2D eigenvalue weighted by molar-refractivity contribution is -0.161. The number of esters is 2. The second kappa shape index (κ2) is 22.6. The molecule has 178 valence electrons. The van der Waals surface area contributed by atoms with Gasteiger partial charge in [-0.15, -0.1) is 0 Å². The van der Waals surface area contributed by atoms with Crippen LogP contribution in [0.4, 0.5) is 0 Å². The maximum absolute atomic E-state index is 11.8. The van der Waals surface area contributed by atoms with Crippen LogP contribution in [0, 0.1) is 0 Å². The van der Waals surface area contributed by atoms with Gasteiger partial charge in [-0.05, 0) is 12.8 Å². The molecule has 1 N–H and O–H groups in total. The maximum atomic E-state index is 11.8. The highest BCUT2D eigenvalue weighted by molar-refractivity contribution is 5.70. The third kappa shape index (κ3) is 20.2. The number of aliphatic hydroxyl groups is 1. The Kier molecular flexibility index (Phi) is 21.8. The van der Waals surface area contributed by atoms with Crippen LogP contribution < -0.4 is 0 Å². The lowest BCUT2D eigenvalue weighted by Crippen LogP contribution is -2.28. The molecule has 0 saturated carbocycles. The summed E-state index contributed by atoms with van der Waals surface area (Å²) >= 11 is 0. The largest absolute Gasteiger partial charge is 0.462 e. The van der Waals surface area contributed by atoms with Gasteiger partial charge in [0, 0.05) is 12.8 Å². The van der Waals surface area contributed by atoms with Crippen molar-refractivity contribution < 1.29 is 24.2 Å². The molecule has 0 aromatic rings. The molecule has 0 spiro atoms. The number of hydrogen-bond acceptors (Lipinski definition) is 5. The highest BCUT2D eigenvalue weighted by Crippen LogP contribution is 2.13. The Labute approximate surface area is 185 Å². The van der Waals surface area contributed by atoms with Gasteiger partial charge in [0.1, 0.15) is 6.61 Å². The second-order valence-electron chi connectivity index (χ2n) is 8.43. The van der Waals surface area contributed by atoms with Crippen LogP contribution in [0.2, 0.25) is 0 Å². The van der Waals surface area contributed by atoms with Crippen molar-refractivity contribution in [2.45, 2.75) is 136 Å². The molecule has 0 aliphatic carbocycles. The zero-order chi connectivity index (χ0) is 22.3. The molecule has 0 fully saturated rings.